The third-order valence-electron chi connectivity index (χ3n) is 3.25. The van der Waals surface area contributed by atoms with Gasteiger partial charge in [0.2, 0.25) is 5.89 Å². The predicted molar refractivity (Wildman–Crippen MR) is 58.9 cm³/mol. The van der Waals surface area contributed by atoms with Gasteiger partial charge in [-0.15, -0.1) is 0 Å². The van der Waals surface area contributed by atoms with Crippen LogP contribution >= 0.6 is 0 Å². The van der Waals surface area contributed by atoms with E-state index in [1.165, 1.54) is 12.8 Å². The maximum Gasteiger partial charge on any atom is 0.240 e. The minimum Gasteiger partial charge on any atom is -0.338 e. The highest BCUT2D eigenvalue weighted by Gasteiger charge is 2.24. The van der Waals surface area contributed by atoms with E-state index in [1.54, 1.807) is 0 Å². The van der Waals surface area contributed by atoms with Gasteiger partial charge in [-0.2, -0.15) is 4.98 Å². The van der Waals surface area contributed by atoms with Crippen LogP contribution in [-0.2, 0) is 13.0 Å². The quantitative estimate of drug-likeness (QED) is 0.800. The Bertz CT molecular complexity index is 342. The maximum absolute atomic E-state index is 5.27. The fraction of sp³-hybridized carbons (Fsp3) is 0.818. The summed E-state index contributed by atoms with van der Waals surface area (Å²) in [6, 6.07) is 0. The average Bonchev–Trinajstić information content (AvgIpc) is 3.01. The normalized spacial score (nSPS) is 22.5. The van der Waals surface area contributed by atoms with Gasteiger partial charge in [0.25, 0.3) is 0 Å². The highest BCUT2D eigenvalue weighted by atomic mass is 16.5. The van der Waals surface area contributed by atoms with Crippen LogP contribution in [0.15, 0.2) is 4.52 Å². The van der Waals surface area contributed by atoms with Crippen LogP contribution in [0, 0.1) is 5.92 Å². The van der Waals surface area contributed by atoms with Crippen molar-refractivity contribution >= 4 is 0 Å². The van der Waals surface area contributed by atoms with Crippen molar-refractivity contribution in [1.29, 1.82) is 0 Å². The summed E-state index contributed by atoms with van der Waals surface area (Å²) in [5.41, 5.74) is 0. The lowest BCUT2D eigenvalue weighted by molar-refractivity contribution is 0.203. The third kappa shape index (κ3) is 2.59. The second-order valence-corrected chi connectivity index (χ2v) is 4.78. The molecule has 1 saturated carbocycles. The van der Waals surface area contributed by atoms with E-state index in [1.807, 2.05) is 0 Å². The molecule has 0 spiro atoms. The van der Waals surface area contributed by atoms with Crippen molar-refractivity contribution in [3.05, 3.63) is 11.7 Å². The number of hydrogen-bond donors (Lipinski definition) is 1. The number of rotatable bonds is 4. The molecule has 2 heterocycles. The van der Waals surface area contributed by atoms with Gasteiger partial charge in [0, 0.05) is 32.6 Å². The van der Waals surface area contributed by atoms with Crippen LogP contribution < -0.4 is 5.32 Å². The molecule has 5 nitrogen and oxygen atoms in total. The molecule has 1 aliphatic carbocycles. The summed E-state index contributed by atoms with van der Waals surface area (Å²) in [4.78, 5) is 6.80. The van der Waals surface area contributed by atoms with Crippen LogP contribution in [-0.4, -0.2) is 41.2 Å². The Kier molecular flexibility index (Phi) is 2.88. The topological polar surface area (TPSA) is 54.2 Å². The van der Waals surface area contributed by atoms with Crippen LogP contribution in [0.4, 0.5) is 0 Å². The Morgan fingerprint density at radius 1 is 1.31 bits per heavy atom. The van der Waals surface area contributed by atoms with E-state index < -0.39 is 0 Å². The van der Waals surface area contributed by atoms with Gasteiger partial charge in [0.05, 0.1) is 6.54 Å². The first-order chi connectivity index (χ1) is 7.90. The maximum atomic E-state index is 5.27. The minimum absolute atomic E-state index is 0.776. The molecule has 0 atom stereocenters. The molecule has 1 N–H and O–H groups in total. The van der Waals surface area contributed by atoms with Gasteiger partial charge in [0.15, 0.2) is 5.82 Å². The first kappa shape index (κ1) is 10.2. The largest absolute Gasteiger partial charge is 0.338 e. The van der Waals surface area contributed by atoms with Crippen molar-refractivity contribution in [2.75, 3.05) is 26.2 Å². The van der Waals surface area contributed by atoms with Gasteiger partial charge >= 0.3 is 0 Å². The lowest BCUT2D eigenvalue weighted by Crippen LogP contribution is -2.42. The van der Waals surface area contributed by atoms with Gasteiger partial charge in [-0.1, -0.05) is 5.16 Å². The van der Waals surface area contributed by atoms with Crippen LogP contribution in [0.2, 0.25) is 0 Å². The summed E-state index contributed by atoms with van der Waals surface area (Å²) in [6.07, 6.45) is 3.67. The van der Waals surface area contributed by atoms with Crippen molar-refractivity contribution in [3.63, 3.8) is 0 Å². The molecule has 0 unspecified atom stereocenters. The standard InChI is InChI=1S/C11H18N4O/c1-2-9(1)7-10-13-11(16-14-10)8-15-5-3-12-4-6-15/h9,12H,1-8H2. The van der Waals surface area contributed by atoms with E-state index in [-0.39, 0.29) is 0 Å². The molecule has 2 fully saturated rings. The highest BCUT2D eigenvalue weighted by Crippen LogP contribution is 2.31. The van der Waals surface area contributed by atoms with Gasteiger partial charge in [0.1, 0.15) is 0 Å². The van der Waals surface area contributed by atoms with Crippen molar-refractivity contribution in [3.8, 4) is 0 Å². The zero-order chi connectivity index (χ0) is 10.8. The fourth-order valence-corrected chi connectivity index (χ4v) is 2.08. The Morgan fingerprint density at radius 3 is 2.88 bits per heavy atom. The molecule has 1 aromatic rings. The summed E-state index contributed by atoms with van der Waals surface area (Å²) in [6.45, 7) is 5.06. The minimum atomic E-state index is 0.776. The van der Waals surface area contributed by atoms with Gasteiger partial charge in [-0.05, 0) is 18.8 Å². The average molecular weight is 222 g/mol. The number of hydrogen-bond acceptors (Lipinski definition) is 5. The first-order valence-electron chi connectivity index (χ1n) is 6.15. The van der Waals surface area contributed by atoms with E-state index in [0.717, 1.165) is 56.8 Å². The Balaban J connectivity index is 1.54. The van der Waals surface area contributed by atoms with E-state index >= 15 is 0 Å². The second-order valence-electron chi connectivity index (χ2n) is 4.78. The van der Waals surface area contributed by atoms with Crippen molar-refractivity contribution < 1.29 is 4.52 Å². The Hall–Kier alpha value is -0.940. The van der Waals surface area contributed by atoms with Gasteiger partial charge in [-0.25, -0.2) is 0 Å². The summed E-state index contributed by atoms with van der Waals surface area (Å²) in [5.74, 6) is 2.50. The molecule has 1 aliphatic heterocycles. The summed E-state index contributed by atoms with van der Waals surface area (Å²) >= 11 is 0. The monoisotopic (exact) mass is 222 g/mol. The lowest BCUT2D eigenvalue weighted by Gasteiger charge is -2.25. The van der Waals surface area contributed by atoms with Crippen LogP contribution in [0.1, 0.15) is 24.6 Å². The fourth-order valence-electron chi connectivity index (χ4n) is 2.08. The zero-order valence-corrected chi connectivity index (χ0v) is 9.48. The molecule has 1 aromatic heterocycles. The van der Waals surface area contributed by atoms with Gasteiger partial charge < -0.3 is 9.84 Å². The molecular weight excluding hydrogens is 204 g/mol. The summed E-state index contributed by atoms with van der Waals surface area (Å²) in [5, 5.41) is 7.37. The van der Waals surface area contributed by atoms with E-state index in [2.05, 4.69) is 20.4 Å². The molecular formula is C11H18N4O. The zero-order valence-electron chi connectivity index (χ0n) is 9.48. The predicted octanol–water partition coefficient (Wildman–Crippen LogP) is 0.427. The molecule has 1 saturated heterocycles. The van der Waals surface area contributed by atoms with Crippen LogP contribution in [0.3, 0.4) is 0 Å². The van der Waals surface area contributed by atoms with E-state index in [4.69, 9.17) is 4.52 Å². The molecule has 16 heavy (non-hydrogen) atoms. The molecule has 0 aromatic carbocycles. The highest BCUT2D eigenvalue weighted by molar-refractivity contribution is 4.92. The van der Waals surface area contributed by atoms with Gasteiger partial charge in [-0.3, -0.25) is 4.90 Å². The summed E-state index contributed by atoms with van der Waals surface area (Å²) in [7, 11) is 0. The second kappa shape index (κ2) is 4.51. The first-order valence-corrected chi connectivity index (χ1v) is 6.15. The van der Waals surface area contributed by atoms with Crippen molar-refractivity contribution in [2.45, 2.75) is 25.8 Å². The van der Waals surface area contributed by atoms with Crippen LogP contribution in [0.25, 0.3) is 0 Å². The van der Waals surface area contributed by atoms with Crippen molar-refractivity contribution in [2.24, 2.45) is 5.92 Å². The smallest absolute Gasteiger partial charge is 0.240 e. The molecule has 2 aliphatic rings. The van der Waals surface area contributed by atoms with E-state index in [9.17, 15) is 0 Å². The molecule has 5 heteroatoms. The van der Waals surface area contributed by atoms with E-state index in [0.29, 0.717) is 0 Å². The SMILES string of the molecule is C1CN(Cc2nc(CC3CC3)no2)CCN1. The summed E-state index contributed by atoms with van der Waals surface area (Å²) < 4.78 is 5.27. The molecule has 3 rings (SSSR count). The third-order valence-corrected chi connectivity index (χ3v) is 3.25. The Morgan fingerprint density at radius 2 is 2.12 bits per heavy atom. The van der Waals surface area contributed by atoms with Crippen molar-refractivity contribution in [1.82, 2.24) is 20.4 Å². The molecule has 88 valence electrons. The Labute approximate surface area is 95.2 Å². The lowest BCUT2D eigenvalue weighted by atomic mass is 10.3. The number of aromatic nitrogens is 2. The molecule has 0 bridgehead atoms. The molecule has 0 radical (unpaired) electrons. The number of piperazine rings is 1. The molecule has 0 amide bonds. The number of nitrogens with zero attached hydrogens (tertiary/aromatic N) is 3. The van der Waals surface area contributed by atoms with Crippen LogP contribution in [0.5, 0.6) is 0 Å². The number of nitrogens with one attached hydrogen (secondary N) is 1.